The standard InChI is InChI=1S/C9H11N5O4S/c15-4-2-1-3-10-7-6(14(17)18)8(16)13-9(12-7)19-5-11-13/h5,10,15H,1-4H2. The summed E-state index contributed by atoms with van der Waals surface area (Å²) in [6.45, 7) is 0.441. The van der Waals surface area contributed by atoms with Crippen LogP contribution in [0.15, 0.2) is 10.3 Å². The van der Waals surface area contributed by atoms with E-state index in [2.05, 4.69) is 15.4 Å². The molecule has 0 atom stereocenters. The fraction of sp³-hybridized carbons (Fsp3) is 0.444. The molecule has 0 aliphatic carbocycles. The molecule has 2 rings (SSSR count). The molecule has 2 aromatic rings. The van der Waals surface area contributed by atoms with Crippen molar-refractivity contribution in [3.63, 3.8) is 0 Å². The second kappa shape index (κ2) is 5.71. The Morgan fingerprint density at radius 3 is 3.00 bits per heavy atom. The number of rotatable bonds is 6. The first-order chi connectivity index (χ1) is 9.15. The number of hydrogen-bond acceptors (Lipinski definition) is 8. The van der Waals surface area contributed by atoms with Crippen LogP contribution in [-0.4, -0.2) is 37.8 Å². The quantitative estimate of drug-likeness (QED) is 0.443. The van der Waals surface area contributed by atoms with Crippen molar-refractivity contribution in [1.82, 2.24) is 14.6 Å². The van der Waals surface area contributed by atoms with Gasteiger partial charge in [-0.1, -0.05) is 11.3 Å². The molecule has 9 nitrogen and oxygen atoms in total. The minimum absolute atomic E-state index is 0.0493. The van der Waals surface area contributed by atoms with Crippen LogP contribution in [0, 0.1) is 10.1 Å². The number of anilines is 1. The Labute approximate surface area is 110 Å². The van der Waals surface area contributed by atoms with Crippen molar-refractivity contribution < 1.29 is 10.0 Å². The first-order valence-electron chi connectivity index (χ1n) is 5.51. The molecule has 0 aliphatic rings. The van der Waals surface area contributed by atoms with Crippen molar-refractivity contribution in [2.24, 2.45) is 0 Å². The summed E-state index contributed by atoms with van der Waals surface area (Å²) in [5.41, 5.74) is -0.0310. The molecular weight excluding hydrogens is 274 g/mol. The van der Waals surface area contributed by atoms with Gasteiger partial charge in [0.25, 0.3) is 0 Å². The molecule has 0 unspecified atom stereocenters. The van der Waals surface area contributed by atoms with E-state index in [9.17, 15) is 14.9 Å². The summed E-state index contributed by atoms with van der Waals surface area (Å²) in [6.07, 6.45) is 1.19. The van der Waals surface area contributed by atoms with Gasteiger partial charge in [0.1, 0.15) is 5.51 Å². The van der Waals surface area contributed by atoms with Gasteiger partial charge in [0.15, 0.2) is 0 Å². The van der Waals surface area contributed by atoms with Crippen LogP contribution in [0.4, 0.5) is 11.5 Å². The molecule has 0 radical (unpaired) electrons. The van der Waals surface area contributed by atoms with Crippen LogP contribution in [0.5, 0.6) is 0 Å². The van der Waals surface area contributed by atoms with Gasteiger partial charge < -0.3 is 10.4 Å². The van der Waals surface area contributed by atoms with Crippen molar-refractivity contribution in [3.05, 3.63) is 26.0 Å². The summed E-state index contributed by atoms with van der Waals surface area (Å²) < 4.78 is 0.904. The van der Waals surface area contributed by atoms with E-state index in [4.69, 9.17) is 5.11 Å². The van der Waals surface area contributed by atoms with Crippen molar-refractivity contribution in [2.75, 3.05) is 18.5 Å². The lowest BCUT2D eigenvalue weighted by molar-refractivity contribution is -0.385. The molecule has 0 bridgehead atoms. The Hall–Kier alpha value is -2.07. The smallest absolute Gasteiger partial charge is 0.377 e. The summed E-state index contributed by atoms with van der Waals surface area (Å²) in [6, 6.07) is 0. The van der Waals surface area contributed by atoms with E-state index in [0.29, 0.717) is 24.3 Å². The fourth-order valence-electron chi connectivity index (χ4n) is 1.51. The van der Waals surface area contributed by atoms with Crippen molar-refractivity contribution >= 4 is 27.8 Å². The van der Waals surface area contributed by atoms with Gasteiger partial charge in [-0.15, -0.1) is 0 Å². The molecule has 0 spiro atoms. The number of hydrogen-bond donors (Lipinski definition) is 2. The average molecular weight is 285 g/mol. The van der Waals surface area contributed by atoms with E-state index in [1.165, 1.54) is 5.51 Å². The molecule has 0 fully saturated rings. The number of nitrogens with one attached hydrogen (secondary N) is 1. The molecular formula is C9H11N5O4S. The first kappa shape index (κ1) is 13.4. The minimum Gasteiger partial charge on any atom is -0.396 e. The van der Waals surface area contributed by atoms with Gasteiger partial charge >= 0.3 is 11.2 Å². The lowest BCUT2D eigenvalue weighted by atomic mass is 10.3. The third kappa shape index (κ3) is 2.69. The van der Waals surface area contributed by atoms with Crippen LogP contribution in [0.2, 0.25) is 0 Å². The Kier molecular flexibility index (Phi) is 4.02. The highest BCUT2D eigenvalue weighted by Gasteiger charge is 2.24. The molecule has 0 amide bonds. The fourth-order valence-corrected chi connectivity index (χ4v) is 2.12. The van der Waals surface area contributed by atoms with Gasteiger partial charge in [-0.05, 0) is 12.8 Å². The summed E-state index contributed by atoms with van der Waals surface area (Å²) in [5, 5.41) is 26.1. The largest absolute Gasteiger partial charge is 0.396 e. The van der Waals surface area contributed by atoms with Crippen LogP contribution in [-0.2, 0) is 0 Å². The van der Waals surface area contributed by atoms with E-state index >= 15 is 0 Å². The number of nitrogens with zero attached hydrogens (tertiary/aromatic N) is 4. The molecule has 2 N–H and O–H groups in total. The van der Waals surface area contributed by atoms with Gasteiger partial charge in [-0.25, -0.2) is 0 Å². The van der Waals surface area contributed by atoms with E-state index < -0.39 is 16.2 Å². The minimum atomic E-state index is -0.805. The maximum absolute atomic E-state index is 11.9. The second-order valence-electron chi connectivity index (χ2n) is 3.66. The number of nitro groups is 1. The molecule has 0 aromatic carbocycles. The number of unbranched alkanes of at least 4 members (excludes halogenated alkanes) is 1. The predicted molar refractivity (Wildman–Crippen MR) is 68.6 cm³/mol. The van der Waals surface area contributed by atoms with Gasteiger partial charge in [0.05, 0.1) is 4.92 Å². The van der Waals surface area contributed by atoms with Crippen LogP contribution >= 0.6 is 11.3 Å². The highest BCUT2D eigenvalue weighted by atomic mass is 32.1. The van der Waals surface area contributed by atoms with Crippen molar-refractivity contribution in [2.45, 2.75) is 12.8 Å². The monoisotopic (exact) mass is 285 g/mol. The lowest BCUT2D eigenvalue weighted by Crippen LogP contribution is -2.21. The van der Waals surface area contributed by atoms with E-state index in [-0.39, 0.29) is 12.4 Å². The van der Waals surface area contributed by atoms with Gasteiger partial charge in [-0.2, -0.15) is 14.6 Å². The maximum Gasteiger partial charge on any atom is 0.377 e. The lowest BCUT2D eigenvalue weighted by Gasteiger charge is -2.05. The predicted octanol–water partition coefficient (Wildman–Crippen LogP) is 0.244. The normalized spacial score (nSPS) is 10.8. The Morgan fingerprint density at radius 2 is 2.32 bits per heavy atom. The average Bonchev–Trinajstić information content (AvgIpc) is 2.82. The van der Waals surface area contributed by atoms with Crippen molar-refractivity contribution in [3.8, 4) is 0 Å². The van der Waals surface area contributed by atoms with Gasteiger partial charge in [-0.3, -0.25) is 14.9 Å². The molecule has 0 saturated heterocycles. The van der Waals surface area contributed by atoms with Crippen LogP contribution in [0.3, 0.4) is 0 Å². The maximum atomic E-state index is 11.9. The van der Waals surface area contributed by atoms with Crippen LogP contribution < -0.4 is 10.9 Å². The summed E-state index contributed by atoms with van der Waals surface area (Å²) in [4.78, 5) is 26.4. The summed E-state index contributed by atoms with van der Waals surface area (Å²) in [5.74, 6) is -0.0582. The molecule has 102 valence electrons. The topological polar surface area (TPSA) is 123 Å². The van der Waals surface area contributed by atoms with E-state index in [1.54, 1.807) is 0 Å². The van der Waals surface area contributed by atoms with E-state index in [1.807, 2.05) is 0 Å². The zero-order valence-electron chi connectivity index (χ0n) is 9.77. The molecule has 0 saturated carbocycles. The SMILES string of the molecule is O=c1c([N+](=O)[O-])c(NCCCCO)nc2scnn12. The molecule has 10 heteroatoms. The van der Waals surface area contributed by atoms with E-state index in [0.717, 1.165) is 15.9 Å². The summed E-state index contributed by atoms with van der Waals surface area (Å²) >= 11 is 1.12. The molecule has 2 heterocycles. The number of fused-ring (bicyclic) bond motifs is 1. The molecule has 19 heavy (non-hydrogen) atoms. The zero-order valence-corrected chi connectivity index (χ0v) is 10.6. The summed E-state index contributed by atoms with van der Waals surface area (Å²) in [7, 11) is 0. The third-order valence-corrected chi connectivity index (χ3v) is 3.06. The second-order valence-corrected chi connectivity index (χ2v) is 4.47. The third-order valence-electron chi connectivity index (χ3n) is 2.39. The Morgan fingerprint density at radius 1 is 1.53 bits per heavy atom. The number of aromatic nitrogens is 3. The van der Waals surface area contributed by atoms with Crippen LogP contribution in [0.1, 0.15) is 12.8 Å². The Balaban J connectivity index is 2.37. The number of aliphatic hydroxyl groups excluding tert-OH is 1. The Bertz CT molecular complexity index is 652. The van der Waals surface area contributed by atoms with Crippen LogP contribution in [0.25, 0.3) is 4.96 Å². The van der Waals surface area contributed by atoms with Gasteiger partial charge in [0.2, 0.25) is 10.8 Å². The van der Waals surface area contributed by atoms with Crippen molar-refractivity contribution in [1.29, 1.82) is 0 Å². The van der Waals surface area contributed by atoms with Gasteiger partial charge in [0, 0.05) is 13.2 Å². The highest BCUT2D eigenvalue weighted by Crippen LogP contribution is 2.19. The molecule has 0 aliphatic heterocycles. The first-order valence-corrected chi connectivity index (χ1v) is 6.38. The zero-order chi connectivity index (χ0) is 13.8. The highest BCUT2D eigenvalue weighted by molar-refractivity contribution is 7.14. The molecule has 2 aromatic heterocycles. The number of aliphatic hydroxyl groups is 1.